The van der Waals surface area contributed by atoms with Crippen LogP contribution in [0.5, 0.6) is 0 Å². The zero-order chi connectivity index (χ0) is 14.7. The molecule has 0 unspecified atom stereocenters. The number of hydrogen-bond acceptors (Lipinski definition) is 3. The molecule has 0 radical (unpaired) electrons. The fourth-order valence-corrected chi connectivity index (χ4v) is 1.82. The highest BCUT2D eigenvalue weighted by Gasteiger charge is 2.10. The molecule has 0 bridgehead atoms. The maximum Gasteiger partial charge on any atom is 0.337 e. The molecule has 0 aliphatic carbocycles. The Kier molecular flexibility index (Phi) is 4.14. The van der Waals surface area contributed by atoms with Gasteiger partial charge in [0, 0.05) is 16.4 Å². The van der Waals surface area contributed by atoms with Gasteiger partial charge in [0.2, 0.25) is 0 Å². The van der Waals surface area contributed by atoms with Crippen LogP contribution in [0.25, 0.3) is 0 Å². The number of rotatable bonds is 3. The van der Waals surface area contributed by atoms with Crippen molar-refractivity contribution in [3.8, 4) is 0 Å². The summed E-state index contributed by atoms with van der Waals surface area (Å²) in [7, 11) is 0. The minimum absolute atomic E-state index is 0.0426. The lowest BCUT2D eigenvalue weighted by molar-refractivity contribution is 0.0696. The lowest BCUT2D eigenvalue weighted by Crippen LogP contribution is -2.14. The van der Waals surface area contributed by atoms with E-state index < -0.39 is 5.97 Å². The second-order valence-electron chi connectivity index (χ2n) is 4.16. The van der Waals surface area contributed by atoms with Crippen molar-refractivity contribution in [2.45, 2.75) is 6.92 Å². The van der Waals surface area contributed by atoms with Gasteiger partial charge in [-0.05, 0) is 42.8 Å². The number of nitrogens with one attached hydrogen (secondary N) is 1. The van der Waals surface area contributed by atoms with E-state index in [0.29, 0.717) is 5.69 Å². The van der Waals surface area contributed by atoms with E-state index in [0.717, 1.165) is 16.2 Å². The molecular weight excluding hydrogens is 324 g/mol. The molecule has 2 rings (SSSR count). The number of carboxylic acid groups (broad SMARTS) is 1. The SMILES string of the molecule is Cc1cc(NC(=O)c2ccc(C(=O)O)cn2)ccc1Br. The predicted molar refractivity (Wildman–Crippen MR) is 78.0 cm³/mol. The van der Waals surface area contributed by atoms with Gasteiger partial charge in [-0.3, -0.25) is 9.78 Å². The van der Waals surface area contributed by atoms with Gasteiger partial charge >= 0.3 is 5.97 Å². The van der Waals surface area contributed by atoms with Crippen molar-refractivity contribution in [2.24, 2.45) is 0 Å². The Balaban J connectivity index is 2.15. The number of carbonyl (C=O) groups is 2. The Hall–Kier alpha value is -2.21. The molecule has 1 aromatic heterocycles. The molecule has 1 amide bonds. The van der Waals surface area contributed by atoms with Crippen LogP contribution in [0.4, 0.5) is 5.69 Å². The van der Waals surface area contributed by atoms with E-state index >= 15 is 0 Å². The molecule has 6 heteroatoms. The van der Waals surface area contributed by atoms with Crippen molar-refractivity contribution in [2.75, 3.05) is 5.32 Å². The predicted octanol–water partition coefficient (Wildman–Crippen LogP) is 3.10. The molecule has 20 heavy (non-hydrogen) atoms. The fraction of sp³-hybridized carbons (Fsp3) is 0.0714. The van der Waals surface area contributed by atoms with E-state index in [9.17, 15) is 9.59 Å². The number of aromatic nitrogens is 1. The van der Waals surface area contributed by atoms with Crippen LogP contribution in [0.15, 0.2) is 41.0 Å². The molecule has 1 heterocycles. The number of aromatic carboxylic acids is 1. The highest BCUT2D eigenvalue weighted by Crippen LogP contribution is 2.20. The van der Waals surface area contributed by atoms with E-state index in [1.807, 2.05) is 19.1 Å². The van der Waals surface area contributed by atoms with Gasteiger partial charge in [-0.2, -0.15) is 0 Å². The summed E-state index contributed by atoms with van der Waals surface area (Å²) in [6, 6.07) is 8.15. The minimum atomic E-state index is -1.08. The summed E-state index contributed by atoms with van der Waals surface area (Å²) >= 11 is 3.38. The Bertz CT molecular complexity index is 669. The molecule has 2 aromatic rings. The molecule has 2 N–H and O–H groups in total. The number of benzene rings is 1. The first-order valence-corrected chi connectivity index (χ1v) is 6.53. The van der Waals surface area contributed by atoms with E-state index in [1.54, 1.807) is 6.07 Å². The number of amides is 1. The monoisotopic (exact) mass is 334 g/mol. The standard InChI is InChI=1S/C14H11BrN2O3/c1-8-6-10(3-4-11(8)15)17-13(18)12-5-2-9(7-16-12)14(19)20/h2-7H,1H3,(H,17,18)(H,19,20). The van der Waals surface area contributed by atoms with Crippen molar-refractivity contribution in [3.63, 3.8) is 0 Å². The van der Waals surface area contributed by atoms with Crippen LogP contribution < -0.4 is 5.32 Å². The first-order chi connectivity index (χ1) is 9.47. The van der Waals surface area contributed by atoms with Crippen LogP contribution in [0.2, 0.25) is 0 Å². The third-order valence-electron chi connectivity index (χ3n) is 2.66. The Morgan fingerprint density at radius 2 is 2.00 bits per heavy atom. The number of anilines is 1. The maximum absolute atomic E-state index is 12.0. The van der Waals surface area contributed by atoms with Gasteiger partial charge in [-0.1, -0.05) is 15.9 Å². The highest BCUT2D eigenvalue weighted by molar-refractivity contribution is 9.10. The largest absolute Gasteiger partial charge is 0.478 e. The summed E-state index contributed by atoms with van der Waals surface area (Å²) in [5.41, 5.74) is 1.86. The molecule has 0 spiro atoms. The molecule has 5 nitrogen and oxygen atoms in total. The highest BCUT2D eigenvalue weighted by atomic mass is 79.9. The second-order valence-corrected chi connectivity index (χ2v) is 5.01. The number of halogens is 1. The molecular formula is C14H11BrN2O3. The first-order valence-electron chi connectivity index (χ1n) is 5.74. The number of nitrogens with zero attached hydrogens (tertiary/aromatic N) is 1. The Morgan fingerprint density at radius 3 is 2.55 bits per heavy atom. The first kappa shape index (κ1) is 14.2. The average Bonchev–Trinajstić information content (AvgIpc) is 2.43. The summed E-state index contributed by atoms with van der Waals surface area (Å²) in [4.78, 5) is 26.5. The van der Waals surface area contributed by atoms with Gasteiger partial charge in [0.1, 0.15) is 5.69 Å². The summed E-state index contributed by atoms with van der Waals surface area (Å²) in [5, 5.41) is 11.5. The second kappa shape index (κ2) is 5.83. The van der Waals surface area contributed by atoms with Crippen LogP contribution in [0.1, 0.15) is 26.4 Å². The van der Waals surface area contributed by atoms with Crippen LogP contribution in [0, 0.1) is 6.92 Å². The van der Waals surface area contributed by atoms with Gasteiger partial charge in [0.05, 0.1) is 5.56 Å². The molecule has 102 valence electrons. The summed E-state index contributed by atoms with van der Waals surface area (Å²) < 4.78 is 0.958. The summed E-state index contributed by atoms with van der Waals surface area (Å²) in [5.74, 6) is -1.46. The van der Waals surface area contributed by atoms with Gasteiger partial charge in [-0.25, -0.2) is 4.79 Å². The van der Waals surface area contributed by atoms with E-state index in [-0.39, 0.29) is 17.2 Å². The minimum Gasteiger partial charge on any atom is -0.478 e. The van der Waals surface area contributed by atoms with E-state index in [1.165, 1.54) is 12.1 Å². The number of hydrogen-bond donors (Lipinski definition) is 2. The number of carboxylic acids is 1. The van der Waals surface area contributed by atoms with Gasteiger partial charge < -0.3 is 10.4 Å². The quantitative estimate of drug-likeness (QED) is 0.903. The normalized spacial score (nSPS) is 10.1. The third kappa shape index (κ3) is 3.21. The zero-order valence-electron chi connectivity index (χ0n) is 10.6. The lowest BCUT2D eigenvalue weighted by atomic mass is 10.2. The van der Waals surface area contributed by atoms with E-state index in [4.69, 9.17) is 5.11 Å². The molecule has 0 fully saturated rings. The number of aryl methyl sites for hydroxylation is 1. The van der Waals surface area contributed by atoms with Crippen molar-refractivity contribution in [1.29, 1.82) is 0 Å². The fourth-order valence-electron chi connectivity index (χ4n) is 1.57. The molecule has 0 aliphatic heterocycles. The zero-order valence-corrected chi connectivity index (χ0v) is 12.1. The Morgan fingerprint density at radius 1 is 1.25 bits per heavy atom. The molecule has 1 aromatic carbocycles. The van der Waals surface area contributed by atoms with Gasteiger partial charge in [-0.15, -0.1) is 0 Å². The smallest absolute Gasteiger partial charge is 0.337 e. The van der Waals surface area contributed by atoms with E-state index in [2.05, 4.69) is 26.2 Å². The van der Waals surface area contributed by atoms with Crippen molar-refractivity contribution in [3.05, 3.63) is 57.8 Å². The third-order valence-corrected chi connectivity index (χ3v) is 3.55. The summed E-state index contributed by atoms with van der Waals surface area (Å²) in [6.45, 7) is 1.92. The Labute approximate surface area is 123 Å². The molecule has 0 aliphatic rings. The lowest BCUT2D eigenvalue weighted by Gasteiger charge is -2.06. The number of carbonyl (C=O) groups excluding carboxylic acids is 1. The van der Waals surface area contributed by atoms with Crippen molar-refractivity contribution < 1.29 is 14.7 Å². The van der Waals surface area contributed by atoms with Gasteiger partial charge in [0.15, 0.2) is 0 Å². The summed E-state index contributed by atoms with van der Waals surface area (Å²) in [6.07, 6.45) is 1.16. The van der Waals surface area contributed by atoms with Crippen molar-refractivity contribution >= 4 is 33.5 Å². The maximum atomic E-state index is 12.0. The molecule has 0 saturated carbocycles. The molecule has 0 saturated heterocycles. The van der Waals surface area contributed by atoms with Crippen LogP contribution in [0.3, 0.4) is 0 Å². The van der Waals surface area contributed by atoms with Gasteiger partial charge in [0.25, 0.3) is 5.91 Å². The topological polar surface area (TPSA) is 79.3 Å². The van der Waals surface area contributed by atoms with Crippen LogP contribution in [-0.4, -0.2) is 22.0 Å². The average molecular weight is 335 g/mol. The number of pyridine rings is 1. The molecule has 0 atom stereocenters. The van der Waals surface area contributed by atoms with Crippen molar-refractivity contribution in [1.82, 2.24) is 4.98 Å². The van der Waals surface area contributed by atoms with Crippen LogP contribution >= 0.6 is 15.9 Å². The van der Waals surface area contributed by atoms with Crippen LogP contribution in [-0.2, 0) is 0 Å².